The first-order valence-corrected chi connectivity index (χ1v) is 6.54. The predicted octanol–water partition coefficient (Wildman–Crippen LogP) is 1.97. The summed E-state index contributed by atoms with van der Waals surface area (Å²) in [5.74, 6) is 0.0759. The highest BCUT2D eigenvalue weighted by molar-refractivity contribution is 6.30. The summed E-state index contributed by atoms with van der Waals surface area (Å²) in [4.78, 5) is 18.0. The van der Waals surface area contributed by atoms with Gasteiger partial charge in [0.2, 0.25) is 0 Å². The average Bonchev–Trinajstić information content (AvgIpc) is 2.39. The van der Waals surface area contributed by atoms with Gasteiger partial charge in [0.1, 0.15) is 5.69 Å². The summed E-state index contributed by atoms with van der Waals surface area (Å²) >= 11 is 5.75. The third-order valence-electron chi connectivity index (χ3n) is 3.37. The second-order valence-electron chi connectivity index (χ2n) is 4.76. The van der Waals surface area contributed by atoms with E-state index in [1.54, 1.807) is 24.0 Å². The predicted molar refractivity (Wildman–Crippen MR) is 69.6 cm³/mol. The first-order chi connectivity index (χ1) is 8.58. The number of aromatic nitrogens is 1. The van der Waals surface area contributed by atoms with Crippen LogP contribution in [-0.4, -0.2) is 40.1 Å². The number of carbonyl (C=O) groups excluding carboxylic acids is 1. The quantitative estimate of drug-likeness (QED) is 0.892. The van der Waals surface area contributed by atoms with E-state index in [0.717, 1.165) is 19.4 Å². The minimum absolute atomic E-state index is 0.0861. The van der Waals surface area contributed by atoms with Crippen LogP contribution in [0.1, 0.15) is 30.3 Å². The highest BCUT2D eigenvalue weighted by atomic mass is 35.5. The maximum atomic E-state index is 12.2. The smallest absolute Gasteiger partial charge is 0.272 e. The van der Waals surface area contributed by atoms with Crippen LogP contribution in [0.3, 0.4) is 0 Å². The van der Waals surface area contributed by atoms with Crippen molar-refractivity contribution in [3.63, 3.8) is 0 Å². The van der Waals surface area contributed by atoms with Crippen molar-refractivity contribution in [3.8, 4) is 0 Å². The van der Waals surface area contributed by atoms with Gasteiger partial charge in [0, 0.05) is 25.2 Å². The number of pyridine rings is 1. The van der Waals surface area contributed by atoms with Crippen LogP contribution in [0.25, 0.3) is 0 Å². The molecule has 1 amide bonds. The van der Waals surface area contributed by atoms with E-state index in [0.29, 0.717) is 17.3 Å². The minimum Gasteiger partial charge on any atom is -0.393 e. The van der Waals surface area contributed by atoms with Gasteiger partial charge in [-0.2, -0.15) is 0 Å². The van der Waals surface area contributed by atoms with Gasteiger partial charge in [0.05, 0.1) is 11.1 Å². The lowest BCUT2D eigenvalue weighted by atomic mass is 9.93. The van der Waals surface area contributed by atoms with Crippen molar-refractivity contribution in [2.75, 3.05) is 13.1 Å². The van der Waals surface area contributed by atoms with Crippen LogP contribution in [0, 0.1) is 5.92 Å². The number of halogens is 1. The molecule has 98 valence electrons. The standard InChI is InChI=1S/C13H17ClN2O2/c1-9(17)10-3-2-6-16(8-10)13(18)12-5-4-11(14)7-15-12/h4-5,7,9-10,17H,2-3,6,8H2,1H3. The molecule has 1 N–H and O–H groups in total. The van der Waals surface area contributed by atoms with E-state index in [2.05, 4.69) is 4.98 Å². The summed E-state index contributed by atoms with van der Waals surface area (Å²) in [6.07, 6.45) is 2.99. The molecule has 1 aromatic rings. The number of carbonyl (C=O) groups is 1. The number of amides is 1. The topological polar surface area (TPSA) is 53.4 Å². The number of piperidine rings is 1. The molecule has 1 fully saturated rings. The molecule has 1 aromatic heterocycles. The fourth-order valence-corrected chi connectivity index (χ4v) is 2.36. The van der Waals surface area contributed by atoms with Gasteiger partial charge in [-0.1, -0.05) is 11.6 Å². The van der Waals surface area contributed by atoms with Gasteiger partial charge < -0.3 is 10.0 Å². The van der Waals surface area contributed by atoms with Gasteiger partial charge in [-0.05, 0) is 31.9 Å². The van der Waals surface area contributed by atoms with Crippen LogP contribution in [0.4, 0.5) is 0 Å². The lowest BCUT2D eigenvalue weighted by molar-refractivity contribution is 0.0461. The summed E-state index contributed by atoms with van der Waals surface area (Å²) in [6, 6.07) is 3.30. The molecule has 5 heteroatoms. The molecule has 2 unspecified atom stereocenters. The Morgan fingerprint density at radius 3 is 3.00 bits per heavy atom. The lowest BCUT2D eigenvalue weighted by Crippen LogP contribution is -2.43. The van der Waals surface area contributed by atoms with Crippen LogP contribution in [0.15, 0.2) is 18.3 Å². The third kappa shape index (κ3) is 3.00. The fraction of sp³-hybridized carbons (Fsp3) is 0.538. The molecule has 4 nitrogen and oxygen atoms in total. The third-order valence-corrected chi connectivity index (χ3v) is 3.60. The van der Waals surface area contributed by atoms with E-state index >= 15 is 0 Å². The molecule has 0 aromatic carbocycles. The maximum absolute atomic E-state index is 12.2. The van der Waals surface area contributed by atoms with Gasteiger partial charge in [0.25, 0.3) is 5.91 Å². The van der Waals surface area contributed by atoms with E-state index in [9.17, 15) is 9.90 Å². The van der Waals surface area contributed by atoms with E-state index in [1.807, 2.05) is 0 Å². The second kappa shape index (κ2) is 5.67. The molecule has 2 atom stereocenters. The van der Waals surface area contributed by atoms with Crippen LogP contribution in [0.5, 0.6) is 0 Å². The highest BCUT2D eigenvalue weighted by Gasteiger charge is 2.27. The van der Waals surface area contributed by atoms with E-state index in [-0.39, 0.29) is 17.9 Å². The highest BCUT2D eigenvalue weighted by Crippen LogP contribution is 2.21. The lowest BCUT2D eigenvalue weighted by Gasteiger charge is -2.33. The Balaban J connectivity index is 2.06. The first-order valence-electron chi connectivity index (χ1n) is 6.17. The SMILES string of the molecule is CC(O)C1CCCN(C(=O)c2ccc(Cl)cn2)C1. The molecule has 0 radical (unpaired) electrons. The number of rotatable bonds is 2. The van der Waals surface area contributed by atoms with E-state index in [4.69, 9.17) is 11.6 Å². The zero-order valence-corrected chi connectivity index (χ0v) is 11.1. The van der Waals surface area contributed by atoms with Crippen molar-refractivity contribution in [1.29, 1.82) is 0 Å². The fourth-order valence-electron chi connectivity index (χ4n) is 2.25. The van der Waals surface area contributed by atoms with Gasteiger partial charge in [-0.25, -0.2) is 4.98 Å². The maximum Gasteiger partial charge on any atom is 0.272 e. The number of hydrogen-bond donors (Lipinski definition) is 1. The van der Waals surface area contributed by atoms with Crippen molar-refractivity contribution in [2.24, 2.45) is 5.92 Å². The largest absolute Gasteiger partial charge is 0.393 e. The number of likely N-dealkylation sites (tertiary alicyclic amines) is 1. The molecule has 0 spiro atoms. The number of aliphatic hydroxyl groups is 1. The molecule has 0 bridgehead atoms. The normalized spacial score (nSPS) is 21.7. The second-order valence-corrected chi connectivity index (χ2v) is 5.19. The average molecular weight is 269 g/mol. The molecule has 0 saturated carbocycles. The van der Waals surface area contributed by atoms with Crippen LogP contribution in [-0.2, 0) is 0 Å². The summed E-state index contributed by atoms with van der Waals surface area (Å²) in [7, 11) is 0. The molecule has 2 heterocycles. The zero-order chi connectivity index (χ0) is 13.1. The summed E-state index contributed by atoms with van der Waals surface area (Å²) in [5, 5.41) is 10.1. The Hall–Kier alpha value is -1.13. The molecule has 1 aliphatic heterocycles. The molecular formula is C13H17ClN2O2. The van der Waals surface area contributed by atoms with Gasteiger partial charge in [0.15, 0.2) is 0 Å². The van der Waals surface area contributed by atoms with Crippen molar-refractivity contribution in [1.82, 2.24) is 9.88 Å². The first kappa shape index (κ1) is 13.3. The molecule has 18 heavy (non-hydrogen) atoms. The van der Waals surface area contributed by atoms with E-state index < -0.39 is 0 Å². The Morgan fingerprint density at radius 2 is 2.39 bits per heavy atom. The van der Waals surface area contributed by atoms with Gasteiger partial charge in [-0.15, -0.1) is 0 Å². The summed E-state index contributed by atoms with van der Waals surface area (Å²) < 4.78 is 0. The Morgan fingerprint density at radius 1 is 1.61 bits per heavy atom. The summed E-state index contributed by atoms with van der Waals surface area (Å²) in [6.45, 7) is 3.10. The van der Waals surface area contributed by atoms with Crippen LogP contribution >= 0.6 is 11.6 Å². The van der Waals surface area contributed by atoms with Crippen molar-refractivity contribution >= 4 is 17.5 Å². The van der Waals surface area contributed by atoms with Crippen molar-refractivity contribution in [2.45, 2.75) is 25.9 Å². The minimum atomic E-state index is -0.376. The van der Waals surface area contributed by atoms with Gasteiger partial charge >= 0.3 is 0 Å². The van der Waals surface area contributed by atoms with Crippen LogP contribution in [0.2, 0.25) is 5.02 Å². The monoisotopic (exact) mass is 268 g/mol. The van der Waals surface area contributed by atoms with Crippen molar-refractivity contribution in [3.05, 3.63) is 29.0 Å². The van der Waals surface area contributed by atoms with Crippen LogP contribution < -0.4 is 0 Å². The number of hydrogen-bond acceptors (Lipinski definition) is 3. The Labute approximate surface area is 112 Å². The molecule has 1 saturated heterocycles. The molecule has 0 aliphatic carbocycles. The van der Waals surface area contributed by atoms with E-state index in [1.165, 1.54) is 6.20 Å². The number of aliphatic hydroxyl groups excluding tert-OH is 1. The van der Waals surface area contributed by atoms with Crippen molar-refractivity contribution < 1.29 is 9.90 Å². The molecular weight excluding hydrogens is 252 g/mol. The Bertz CT molecular complexity index is 420. The molecule has 2 rings (SSSR count). The zero-order valence-electron chi connectivity index (χ0n) is 10.3. The molecule has 1 aliphatic rings. The summed E-state index contributed by atoms with van der Waals surface area (Å²) in [5.41, 5.74) is 0.408. The number of nitrogens with zero attached hydrogens (tertiary/aromatic N) is 2. The Kier molecular flexibility index (Phi) is 4.19. The van der Waals surface area contributed by atoms with Gasteiger partial charge in [-0.3, -0.25) is 4.79 Å².